The van der Waals surface area contributed by atoms with Gasteiger partial charge in [-0.1, -0.05) is 6.07 Å². The molecule has 3 N–H and O–H groups in total. The number of amides is 2. The average molecular weight is 706 g/mol. The number of alkyl carbamates (subject to hydrolysis) is 1. The molecule has 16 heteroatoms. The zero-order valence-electron chi connectivity index (χ0n) is 28.0. The number of hydrogen-bond donors (Lipinski definition) is 3. The SMILES string of the molecule is Cc1c(-c2cc(NC(=O)Cc3cc(C(F)(F)F)ccc3C(F)(F)F)nn2C)ccc2nc(NC3CCC(NC(=O)OC(C)(C)C)CC3)ncc12. The van der Waals surface area contributed by atoms with E-state index in [1.54, 1.807) is 13.2 Å². The van der Waals surface area contributed by atoms with Crippen molar-refractivity contribution >= 4 is 34.7 Å². The molecule has 10 nitrogen and oxygen atoms in total. The summed E-state index contributed by atoms with van der Waals surface area (Å²) < 4.78 is 86.9. The van der Waals surface area contributed by atoms with Crippen molar-refractivity contribution in [1.29, 1.82) is 0 Å². The number of anilines is 2. The Bertz CT molecular complexity index is 1890. The third-order valence-corrected chi connectivity index (χ3v) is 8.33. The van der Waals surface area contributed by atoms with Crippen LogP contribution in [0.4, 0.5) is 42.9 Å². The van der Waals surface area contributed by atoms with E-state index >= 15 is 0 Å². The summed E-state index contributed by atoms with van der Waals surface area (Å²) in [6.45, 7) is 7.32. The average Bonchev–Trinajstić information content (AvgIpc) is 3.35. The molecule has 0 saturated heterocycles. The number of alkyl halides is 6. The third kappa shape index (κ3) is 8.82. The normalized spacial score (nSPS) is 17.0. The number of carbonyl (C=O) groups excluding carboxylic acids is 2. The Labute approximate surface area is 284 Å². The fourth-order valence-corrected chi connectivity index (χ4v) is 5.96. The summed E-state index contributed by atoms with van der Waals surface area (Å²) in [4.78, 5) is 34.1. The van der Waals surface area contributed by atoms with Gasteiger partial charge in [-0.2, -0.15) is 31.4 Å². The summed E-state index contributed by atoms with van der Waals surface area (Å²) >= 11 is 0. The molecule has 268 valence electrons. The van der Waals surface area contributed by atoms with Crippen LogP contribution in [0.5, 0.6) is 0 Å². The van der Waals surface area contributed by atoms with Crippen molar-refractivity contribution in [2.75, 3.05) is 10.6 Å². The maximum absolute atomic E-state index is 13.5. The van der Waals surface area contributed by atoms with Gasteiger partial charge in [-0.3, -0.25) is 9.48 Å². The minimum Gasteiger partial charge on any atom is -0.444 e. The topological polar surface area (TPSA) is 123 Å². The van der Waals surface area contributed by atoms with Crippen LogP contribution in [-0.2, 0) is 35.4 Å². The number of nitrogens with zero attached hydrogens (tertiary/aromatic N) is 4. The number of fused-ring (bicyclic) bond motifs is 1. The predicted molar refractivity (Wildman–Crippen MR) is 174 cm³/mol. The molecule has 1 fully saturated rings. The molecule has 50 heavy (non-hydrogen) atoms. The number of hydrogen-bond acceptors (Lipinski definition) is 7. The number of nitrogens with one attached hydrogen (secondary N) is 3. The van der Waals surface area contributed by atoms with E-state index in [0.717, 1.165) is 42.2 Å². The molecule has 2 heterocycles. The second kappa shape index (κ2) is 13.8. The maximum Gasteiger partial charge on any atom is 0.416 e. The highest BCUT2D eigenvalue weighted by atomic mass is 19.4. The molecule has 2 aromatic heterocycles. The molecule has 0 atom stereocenters. The molecular weight excluding hydrogens is 668 g/mol. The van der Waals surface area contributed by atoms with Gasteiger partial charge < -0.3 is 20.7 Å². The van der Waals surface area contributed by atoms with E-state index in [1.807, 2.05) is 39.8 Å². The molecule has 1 aliphatic carbocycles. The van der Waals surface area contributed by atoms with Crippen molar-refractivity contribution < 1.29 is 40.7 Å². The van der Waals surface area contributed by atoms with Crippen molar-refractivity contribution in [3.05, 3.63) is 64.8 Å². The summed E-state index contributed by atoms with van der Waals surface area (Å²) in [6, 6.07) is 6.31. The highest BCUT2D eigenvalue weighted by molar-refractivity contribution is 5.93. The van der Waals surface area contributed by atoms with E-state index in [2.05, 4.69) is 31.0 Å². The van der Waals surface area contributed by atoms with Gasteiger partial charge in [-0.15, -0.1) is 0 Å². The Morgan fingerprint density at radius 2 is 1.62 bits per heavy atom. The van der Waals surface area contributed by atoms with Gasteiger partial charge >= 0.3 is 18.4 Å². The van der Waals surface area contributed by atoms with Crippen LogP contribution in [0.1, 0.15) is 68.7 Å². The molecule has 0 radical (unpaired) electrons. The first-order valence-corrected chi connectivity index (χ1v) is 15.9. The molecule has 2 aromatic carbocycles. The van der Waals surface area contributed by atoms with Crippen LogP contribution in [0.15, 0.2) is 42.6 Å². The van der Waals surface area contributed by atoms with Crippen LogP contribution >= 0.6 is 0 Å². The van der Waals surface area contributed by atoms with E-state index in [9.17, 15) is 35.9 Å². The molecule has 0 bridgehead atoms. The number of rotatable bonds is 7. The Morgan fingerprint density at radius 1 is 0.940 bits per heavy atom. The van der Waals surface area contributed by atoms with E-state index in [0.29, 0.717) is 35.4 Å². The Balaban J connectivity index is 1.25. The van der Waals surface area contributed by atoms with Crippen LogP contribution in [0.25, 0.3) is 22.2 Å². The first kappa shape index (κ1) is 36.4. The van der Waals surface area contributed by atoms with Crippen molar-refractivity contribution in [3.8, 4) is 11.3 Å². The van der Waals surface area contributed by atoms with Crippen LogP contribution in [0.3, 0.4) is 0 Å². The van der Waals surface area contributed by atoms with Crippen molar-refractivity contribution in [1.82, 2.24) is 25.1 Å². The molecule has 2 amide bonds. The number of ether oxygens (including phenoxy) is 1. The summed E-state index contributed by atoms with van der Waals surface area (Å²) in [6.07, 6.45) is -6.33. The van der Waals surface area contributed by atoms with E-state index in [-0.39, 0.29) is 17.9 Å². The number of benzene rings is 2. The molecule has 0 aliphatic heterocycles. The minimum atomic E-state index is -4.95. The summed E-state index contributed by atoms with van der Waals surface area (Å²) in [7, 11) is 1.62. The van der Waals surface area contributed by atoms with Crippen molar-refractivity contribution in [3.63, 3.8) is 0 Å². The highest BCUT2D eigenvalue weighted by Crippen LogP contribution is 2.37. The number of carbonyl (C=O) groups is 2. The molecule has 1 saturated carbocycles. The lowest BCUT2D eigenvalue weighted by Crippen LogP contribution is -2.42. The second-order valence-corrected chi connectivity index (χ2v) is 13.3. The van der Waals surface area contributed by atoms with Crippen molar-refractivity contribution in [2.45, 2.75) is 89.8 Å². The van der Waals surface area contributed by atoms with Gasteiger partial charge in [0, 0.05) is 42.3 Å². The van der Waals surface area contributed by atoms with E-state index < -0.39 is 53.1 Å². The van der Waals surface area contributed by atoms with Gasteiger partial charge in [0.15, 0.2) is 5.82 Å². The number of aromatic nitrogens is 4. The van der Waals surface area contributed by atoms with Gasteiger partial charge in [0.05, 0.1) is 28.8 Å². The largest absolute Gasteiger partial charge is 0.444 e. The monoisotopic (exact) mass is 705 g/mol. The molecule has 0 spiro atoms. The zero-order valence-corrected chi connectivity index (χ0v) is 28.0. The lowest BCUT2D eigenvalue weighted by Gasteiger charge is -2.30. The standard InChI is InChI=1S/C34H37F6N7O3/c1-18-23(11-13-26-24(18)17-41-30(44-26)42-21-7-9-22(10-8-21)43-31(49)50-32(2,3)4)27-16-28(46-47(27)5)45-29(48)15-19-14-20(33(35,36)37)6-12-25(19)34(38,39)40/h6,11-14,16-17,21-22H,7-10,15H2,1-5H3,(H,43,49)(H,41,42,44)(H,45,46,48). The van der Waals surface area contributed by atoms with Crippen molar-refractivity contribution in [2.24, 2.45) is 7.05 Å². The number of halogens is 6. The first-order chi connectivity index (χ1) is 23.3. The van der Waals surface area contributed by atoms with Gasteiger partial charge in [-0.25, -0.2) is 14.8 Å². The molecule has 1 aliphatic rings. The number of aryl methyl sites for hydroxylation is 2. The lowest BCUT2D eigenvalue weighted by atomic mass is 9.91. The molecule has 0 unspecified atom stereocenters. The van der Waals surface area contributed by atoms with Crippen LogP contribution < -0.4 is 16.0 Å². The third-order valence-electron chi connectivity index (χ3n) is 8.33. The second-order valence-electron chi connectivity index (χ2n) is 13.3. The molecular formula is C34H37F6N7O3. The van der Waals surface area contributed by atoms with Gasteiger partial charge in [0.1, 0.15) is 5.60 Å². The van der Waals surface area contributed by atoms with Crippen LogP contribution in [-0.4, -0.2) is 49.4 Å². The molecule has 4 aromatic rings. The highest BCUT2D eigenvalue weighted by Gasteiger charge is 2.37. The maximum atomic E-state index is 13.5. The fraction of sp³-hybridized carbons (Fsp3) is 0.441. The van der Waals surface area contributed by atoms with E-state index in [1.165, 1.54) is 10.7 Å². The Hall–Kier alpha value is -4.89. The van der Waals surface area contributed by atoms with Gasteiger partial charge in [0.2, 0.25) is 11.9 Å². The Kier molecular flexibility index (Phi) is 10.0. The van der Waals surface area contributed by atoms with E-state index in [4.69, 9.17) is 4.74 Å². The lowest BCUT2D eigenvalue weighted by molar-refractivity contribution is -0.142. The fourth-order valence-electron chi connectivity index (χ4n) is 5.96. The Morgan fingerprint density at radius 3 is 2.26 bits per heavy atom. The minimum absolute atomic E-state index is 0.0133. The van der Waals surface area contributed by atoms with Crippen LogP contribution in [0.2, 0.25) is 0 Å². The predicted octanol–water partition coefficient (Wildman–Crippen LogP) is 7.81. The first-order valence-electron chi connectivity index (χ1n) is 15.9. The zero-order chi connectivity index (χ0) is 36.6. The smallest absolute Gasteiger partial charge is 0.416 e. The quantitative estimate of drug-likeness (QED) is 0.168. The van der Waals surface area contributed by atoms with Gasteiger partial charge in [0.25, 0.3) is 0 Å². The molecule has 5 rings (SSSR count). The van der Waals surface area contributed by atoms with Crippen LogP contribution in [0, 0.1) is 6.92 Å². The summed E-state index contributed by atoms with van der Waals surface area (Å²) in [5.74, 6) is -0.483. The summed E-state index contributed by atoms with van der Waals surface area (Å²) in [5.41, 5.74) is -1.20. The summed E-state index contributed by atoms with van der Waals surface area (Å²) in [5, 5.41) is 13.7. The van der Waals surface area contributed by atoms with Gasteiger partial charge in [-0.05, 0) is 88.8 Å².